The van der Waals surface area contributed by atoms with Crippen molar-refractivity contribution in [3.05, 3.63) is 35.9 Å². The third-order valence-electron chi connectivity index (χ3n) is 2.06. The van der Waals surface area contributed by atoms with E-state index < -0.39 is 5.97 Å². The molecule has 0 saturated carbocycles. The van der Waals surface area contributed by atoms with Gasteiger partial charge in [0.2, 0.25) is 0 Å². The van der Waals surface area contributed by atoms with E-state index in [0.29, 0.717) is 6.42 Å². The molecule has 1 aromatic rings. The van der Waals surface area contributed by atoms with Crippen molar-refractivity contribution in [3.63, 3.8) is 0 Å². The summed E-state index contributed by atoms with van der Waals surface area (Å²) in [6.45, 7) is 0. The SMILES string of the molecule is C#CC[C@H](CC(=O)O)c1ccccc1. The fourth-order valence-electron chi connectivity index (χ4n) is 1.39. The lowest BCUT2D eigenvalue weighted by Gasteiger charge is -2.11. The molecule has 0 spiro atoms. The molecule has 2 heteroatoms. The molecule has 0 amide bonds. The van der Waals surface area contributed by atoms with Crippen molar-refractivity contribution in [2.45, 2.75) is 18.8 Å². The van der Waals surface area contributed by atoms with Crippen molar-refractivity contribution in [2.24, 2.45) is 0 Å². The van der Waals surface area contributed by atoms with E-state index in [2.05, 4.69) is 5.92 Å². The first-order valence-corrected chi connectivity index (χ1v) is 4.44. The number of rotatable bonds is 4. The van der Waals surface area contributed by atoms with Gasteiger partial charge >= 0.3 is 5.97 Å². The molecule has 0 radical (unpaired) electrons. The Hall–Kier alpha value is -1.75. The first kappa shape index (κ1) is 10.3. The summed E-state index contributed by atoms with van der Waals surface area (Å²) in [7, 11) is 0. The Morgan fingerprint density at radius 1 is 1.43 bits per heavy atom. The fraction of sp³-hybridized carbons (Fsp3) is 0.250. The molecule has 0 unspecified atom stereocenters. The Kier molecular flexibility index (Phi) is 3.75. The minimum absolute atomic E-state index is 0.0706. The van der Waals surface area contributed by atoms with Crippen LogP contribution in [0.15, 0.2) is 30.3 Å². The Morgan fingerprint density at radius 2 is 2.07 bits per heavy atom. The normalized spacial score (nSPS) is 11.6. The maximum atomic E-state index is 10.6. The number of hydrogen-bond donors (Lipinski definition) is 1. The number of carboxylic acids is 1. The highest BCUT2D eigenvalue weighted by Crippen LogP contribution is 2.22. The van der Waals surface area contributed by atoms with Crippen LogP contribution in [-0.4, -0.2) is 11.1 Å². The van der Waals surface area contributed by atoms with Crippen molar-refractivity contribution in [1.82, 2.24) is 0 Å². The van der Waals surface area contributed by atoms with Crippen LogP contribution in [0.2, 0.25) is 0 Å². The van der Waals surface area contributed by atoms with Gasteiger partial charge in [0.25, 0.3) is 0 Å². The molecule has 0 aromatic heterocycles. The summed E-state index contributed by atoms with van der Waals surface area (Å²) in [6, 6.07) is 9.49. The predicted molar refractivity (Wildman–Crippen MR) is 54.9 cm³/mol. The molecule has 72 valence electrons. The minimum atomic E-state index is -0.811. The smallest absolute Gasteiger partial charge is 0.303 e. The molecule has 14 heavy (non-hydrogen) atoms. The molecule has 1 rings (SSSR count). The van der Waals surface area contributed by atoms with Gasteiger partial charge in [-0.3, -0.25) is 4.79 Å². The second kappa shape index (κ2) is 5.08. The van der Waals surface area contributed by atoms with Crippen LogP contribution in [0.1, 0.15) is 24.3 Å². The van der Waals surface area contributed by atoms with Gasteiger partial charge in [0.05, 0.1) is 6.42 Å². The van der Waals surface area contributed by atoms with Crippen molar-refractivity contribution in [3.8, 4) is 12.3 Å². The fourth-order valence-corrected chi connectivity index (χ4v) is 1.39. The highest BCUT2D eigenvalue weighted by molar-refractivity contribution is 5.68. The third-order valence-corrected chi connectivity index (χ3v) is 2.06. The molecular weight excluding hydrogens is 176 g/mol. The highest BCUT2D eigenvalue weighted by Gasteiger charge is 2.13. The molecular formula is C12H12O2. The maximum absolute atomic E-state index is 10.6. The standard InChI is InChI=1S/C12H12O2/c1-2-6-11(9-12(13)14)10-7-4-3-5-8-10/h1,3-5,7-8,11H,6,9H2,(H,13,14)/t11-/m1/s1. The molecule has 0 aliphatic carbocycles. The van der Waals surface area contributed by atoms with E-state index in [1.54, 1.807) is 0 Å². The van der Waals surface area contributed by atoms with Gasteiger partial charge in [0, 0.05) is 12.3 Å². The molecule has 2 nitrogen and oxygen atoms in total. The predicted octanol–water partition coefficient (Wildman–Crippen LogP) is 2.27. The molecule has 1 aromatic carbocycles. The summed E-state index contributed by atoms with van der Waals surface area (Å²) in [6.07, 6.45) is 5.76. The first-order valence-electron chi connectivity index (χ1n) is 4.44. The molecule has 0 fully saturated rings. The molecule has 0 saturated heterocycles. The molecule has 0 aliphatic heterocycles. The third kappa shape index (κ3) is 2.95. The quantitative estimate of drug-likeness (QED) is 0.736. The van der Waals surface area contributed by atoms with Gasteiger partial charge in [-0.15, -0.1) is 12.3 Å². The van der Waals surface area contributed by atoms with Crippen molar-refractivity contribution < 1.29 is 9.90 Å². The van der Waals surface area contributed by atoms with Crippen LogP contribution in [0, 0.1) is 12.3 Å². The summed E-state index contributed by atoms with van der Waals surface area (Å²) in [5, 5.41) is 8.70. The first-order chi connectivity index (χ1) is 6.74. The van der Waals surface area contributed by atoms with Crippen LogP contribution in [0.25, 0.3) is 0 Å². The summed E-state index contributed by atoms with van der Waals surface area (Å²) in [5.74, 6) is 1.63. The largest absolute Gasteiger partial charge is 0.481 e. The Morgan fingerprint density at radius 3 is 2.57 bits per heavy atom. The Labute approximate surface area is 83.6 Å². The summed E-state index contributed by atoms with van der Waals surface area (Å²) < 4.78 is 0. The van der Waals surface area contributed by atoms with Gasteiger partial charge in [-0.2, -0.15) is 0 Å². The van der Waals surface area contributed by atoms with Crippen LogP contribution in [-0.2, 0) is 4.79 Å². The van der Waals surface area contributed by atoms with Gasteiger partial charge in [0.1, 0.15) is 0 Å². The highest BCUT2D eigenvalue weighted by atomic mass is 16.4. The lowest BCUT2D eigenvalue weighted by molar-refractivity contribution is -0.137. The van der Waals surface area contributed by atoms with Gasteiger partial charge < -0.3 is 5.11 Å². The zero-order chi connectivity index (χ0) is 10.4. The molecule has 0 heterocycles. The topological polar surface area (TPSA) is 37.3 Å². The van der Waals surface area contributed by atoms with Crippen LogP contribution in [0.5, 0.6) is 0 Å². The van der Waals surface area contributed by atoms with Crippen LogP contribution < -0.4 is 0 Å². The maximum Gasteiger partial charge on any atom is 0.303 e. The lowest BCUT2D eigenvalue weighted by atomic mass is 9.93. The summed E-state index contributed by atoms with van der Waals surface area (Å²) >= 11 is 0. The Bertz CT molecular complexity index is 335. The van der Waals surface area contributed by atoms with Gasteiger partial charge in [-0.05, 0) is 5.56 Å². The van der Waals surface area contributed by atoms with Crippen LogP contribution in [0.4, 0.5) is 0 Å². The second-order valence-corrected chi connectivity index (χ2v) is 3.11. The van der Waals surface area contributed by atoms with E-state index in [0.717, 1.165) is 5.56 Å². The number of hydrogen-bond acceptors (Lipinski definition) is 1. The average molecular weight is 188 g/mol. The zero-order valence-corrected chi connectivity index (χ0v) is 7.81. The monoisotopic (exact) mass is 188 g/mol. The zero-order valence-electron chi connectivity index (χ0n) is 7.81. The minimum Gasteiger partial charge on any atom is -0.481 e. The molecule has 1 atom stereocenters. The van der Waals surface area contributed by atoms with Crippen LogP contribution >= 0.6 is 0 Å². The van der Waals surface area contributed by atoms with Gasteiger partial charge in [-0.25, -0.2) is 0 Å². The van der Waals surface area contributed by atoms with E-state index in [4.69, 9.17) is 11.5 Å². The van der Waals surface area contributed by atoms with Gasteiger partial charge in [-0.1, -0.05) is 30.3 Å². The van der Waals surface area contributed by atoms with Crippen molar-refractivity contribution in [1.29, 1.82) is 0 Å². The van der Waals surface area contributed by atoms with E-state index in [-0.39, 0.29) is 12.3 Å². The summed E-state index contributed by atoms with van der Waals surface area (Å²) in [4.78, 5) is 10.6. The van der Waals surface area contributed by atoms with E-state index >= 15 is 0 Å². The van der Waals surface area contributed by atoms with E-state index in [9.17, 15) is 4.79 Å². The van der Waals surface area contributed by atoms with Gasteiger partial charge in [0.15, 0.2) is 0 Å². The molecule has 1 N–H and O–H groups in total. The van der Waals surface area contributed by atoms with Crippen molar-refractivity contribution in [2.75, 3.05) is 0 Å². The number of benzene rings is 1. The lowest BCUT2D eigenvalue weighted by Crippen LogP contribution is -2.05. The number of carboxylic acid groups (broad SMARTS) is 1. The van der Waals surface area contributed by atoms with Crippen molar-refractivity contribution >= 4 is 5.97 Å². The number of terminal acetylenes is 1. The number of carbonyl (C=O) groups is 1. The Balaban J connectivity index is 2.78. The van der Waals surface area contributed by atoms with E-state index in [1.165, 1.54) is 0 Å². The van der Waals surface area contributed by atoms with E-state index in [1.807, 2.05) is 30.3 Å². The number of aliphatic carboxylic acids is 1. The molecule has 0 bridgehead atoms. The molecule has 0 aliphatic rings. The summed E-state index contributed by atoms with van der Waals surface area (Å²) in [5.41, 5.74) is 0.993. The average Bonchev–Trinajstić information content (AvgIpc) is 2.18. The second-order valence-electron chi connectivity index (χ2n) is 3.11. The van der Waals surface area contributed by atoms with Crippen LogP contribution in [0.3, 0.4) is 0 Å².